The second-order valence-electron chi connectivity index (χ2n) is 7.63. The topological polar surface area (TPSA) is 95.6 Å². The Balaban J connectivity index is 1.60. The summed E-state index contributed by atoms with van der Waals surface area (Å²) < 4.78 is 27.3. The van der Waals surface area contributed by atoms with Crippen molar-refractivity contribution in [3.05, 3.63) is 58.6 Å². The van der Waals surface area contributed by atoms with Gasteiger partial charge >= 0.3 is 0 Å². The third-order valence-corrected chi connectivity index (χ3v) is 7.85. The molecule has 1 heterocycles. The van der Waals surface area contributed by atoms with E-state index in [1.54, 1.807) is 25.1 Å². The highest BCUT2D eigenvalue weighted by Crippen LogP contribution is 2.25. The molecule has 31 heavy (non-hydrogen) atoms. The van der Waals surface area contributed by atoms with Gasteiger partial charge in [0.25, 0.3) is 5.91 Å². The zero-order chi connectivity index (χ0) is 22.6. The number of nitrogens with one attached hydrogen (secondary N) is 2. The molecule has 0 radical (unpaired) electrons. The number of halogens is 1. The van der Waals surface area contributed by atoms with Crippen LogP contribution in [0.25, 0.3) is 0 Å². The Bertz CT molecular complexity index is 1070. The number of rotatable bonds is 6. The van der Waals surface area contributed by atoms with Gasteiger partial charge < -0.3 is 10.6 Å². The number of benzene rings is 2. The first-order valence-electron chi connectivity index (χ1n) is 10.1. The van der Waals surface area contributed by atoms with Crippen molar-refractivity contribution < 1.29 is 18.0 Å². The zero-order valence-corrected chi connectivity index (χ0v) is 19.1. The van der Waals surface area contributed by atoms with Crippen LogP contribution in [0.2, 0.25) is 5.02 Å². The average molecular weight is 464 g/mol. The number of hydrogen-bond acceptors (Lipinski definition) is 4. The van der Waals surface area contributed by atoms with Crippen LogP contribution in [0.15, 0.2) is 47.4 Å². The number of sulfonamides is 1. The van der Waals surface area contributed by atoms with Gasteiger partial charge in [0.1, 0.15) is 0 Å². The van der Waals surface area contributed by atoms with Crippen LogP contribution in [-0.2, 0) is 14.8 Å². The molecular formula is C22H26ClN3O4S. The van der Waals surface area contributed by atoms with Gasteiger partial charge in [-0.2, -0.15) is 4.31 Å². The molecule has 2 aromatic rings. The summed E-state index contributed by atoms with van der Waals surface area (Å²) in [5.74, 6) is -0.856. The maximum atomic E-state index is 12.9. The van der Waals surface area contributed by atoms with Crippen molar-refractivity contribution in [3.8, 4) is 0 Å². The lowest BCUT2D eigenvalue weighted by Crippen LogP contribution is -2.41. The molecule has 2 aromatic carbocycles. The summed E-state index contributed by atoms with van der Waals surface area (Å²) >= 11 is 6.04. The highest BCUT2D eigenvalue weighted by atomic mass is 35.5. The molecule has 1 unspecified atom stereocenters. The molecule has 0 aliphatic carbocycles. The number of carbonyl (C=O) groups is 2. The molecule has 2 amide bonds. The molecule has 166 valence electrons. The van der Waals surface area contributed by atoms with Crippen LogP contribution in [0.5, 0.6) is 0 Å². The van der Waals surface area contributed by atoms with Crippen molar-refractivity contribution in [1.82, 2.24) is 9.62 Å². The van der Waals surface area contributed by atoms with Crippen LogP contribution < -0.4 is 10.6 Å². The molecule has 9 heteroatoms. The summed E-state index contributed by atoms with van der Waals surface area (Å²) in [5, 5.41) is 5.78. The number of carbonyl (C=O) groups excluding carboxylic acids is 2. The summed E-state index contributed by atoms with van der Waals surface area (Å²) in [6.07, 6.45) is 2.72. The second-order valence-corrected chi connectivity index (χ2v) is 9.93. The number of hydrogen-bond donors (Lipinski definition) is 2. The Hall–Kier alpha value is -2.42. The van der Waals surface area contributed by atoms with E-state index in [9.17, 15) is 18.0 Å². The average Bonchev–Trinajstić information content (AvgIpc) is 2.75. The smallest absolute Gasteiger partial charge is 0.251 e. The third kappa shape index (κ3) is 5.44. The quantitative estimate of drug-likeness (QED) is 0.684. The molecule has 0 bridgehead atoms. The number of amides is 2. The largest absolute Gasteiger partial charge is 0.343 e. The van der Waals surface area contributed by atoms with Gasteiger partial charge in [0, 0.05) is 28.9 Å². The number of piperidine rings is 1. The summed E-state index contributed by atoms with van der Waals surface area (Å²) in [4.78, 5) is 24.7. The molecule has 1 saturated heterocycles. The molecule has 0 saturated carbocycles. The first kappa shape index (κ1) is 23.2. The maximum Gasteiger partial charge on any atom is 0.251 e. The van der Waals surface area contributed by atoms with E-state index in [-0.39, 0.29) is 23.0 Å². The van der Waals surface area contributed by atoms with E-state index in [0.29, 0.717) is 17.3 Å². The Morgan fingerprint density at radius 2 is 1.84 bits per heavy atom. The monoisotopic (exact) mass is 463 g/mol. The standard InChI is InChI=1S/C22H26ClN3O4S/c1-15-6-3-4-13-26(15)31(29,30)18-11-9-17(10-12-18)22(28)24-14-21(27)25-20-8-5-7-19(23)16(20)2/h5,7-12,15H,3-4,6,13-14H2,1-2H3,(H,24,28)(H,25,27). The van der Waals surface area contributed by atoms with Crippen molar-refractivity contribution in [3.63, 3.8) is 0 Å². The fourth-order valence-corrected chi connectivity index (χ4v) is 5.42. The van der Waals surface area contributed by atoms with Gasteiger partial charge in [-0.1, -0.05) is 24.1 Å². The van der Waals surface area contributed by atoms with Crippen molar-refractivity contribution in [2.75, 3.05) is 18.4 Å². The van der Waals surface area contributed by atoms with Crippen LogP contribution in [-0.4, -0.2) is 43.7 Å². The van der Waals surface area contributed by atoms with E-state index in [2.05, 4.69) is 10.6 Å². The molecule has 0 spiro atoms. The minimum absolute atomic E-state index is 0.0385. The van der Waals surface area contributed by atoms with Crippen molar-refractivity contribution >= 4 is 39.1 Å². The lowest BCUT2D eigenvalue weighted by molar-refractivity contribution is -0.115. The van der Waals surface area contributed by atoms with Gasteiger partial charge in [0.2, 0.25) is 15.9 Å². The lowest BCUT2D eigenvalue weighted by atomic mass is 10.1. The van der Waals surface area contributed by atoms with Crippen LogP contribution in [0.3, 0.4) is 0 Å². The Labute approximate surface area is 187 Å². The number of nitrogens with zero attached hydrogens (tertiary/aromatic N) is 1. The summed E-state index contributed by atoms with van der Waals surface area (Å²) in [6.45, 7) is 3.98. The highest BCUT2D eigenvalue weighted by Gasteiger charge is 2.30. The fraction of sp³-hybridized carbons (Fsp3) is 0.364. The van der Waals surface area contributed by atoms with Crippen LogP contribution in [0.1, 0.15) is 42.1 Å². The van der Waals surface area contributed by atoms with Crippen LogP contribution >= 0.6 is 11.6 Å². The lowest BCUT2D eigenvalue weighted by Gasteiger charge is -2.32. The minimum atomic E-state index is -3.59. The van der Waals surface area contributed by atoms with Gasteiger partial charge in [-0.25, -0.2) is 8.42 Å². The highest BCUT2D eigenvalue weighted by molar-refractivity contribution is 7.89. The van der Waals surface area contributed by atoms with Gasteiger partial charge in [0.15, 0.2) is 0 Å². The molecular weight excluding hydrogens is 438 g/mol. The Morgan fingerprint density at radius 3 is 2.52 bits per heavy atom. The second kappa shape index (κ2) is 9.80. The summed E-state index contributed by atoms with van der Waals surface area (Å²) in [6, 6.07) is 10.9. The van der Waals surface area contributed by atoms with E-state index in [1.165, 1.54) is 28.6 Å². The van der Waals surface area contributed by atoms with Crippen molar-refractivity contribution in [2.24, 2.45) is 0 Å². The minimum Gasteiger partial charge on any atom is -0.343 e. The van der Waals surface area contributed by atoms with Gasteiger partial charge in [-0.05, 0) is 68.7 Å². The fourth-order valence-electron chi connectivity index (χ4n) is 3.54. The third-order valence-electron chi connectivity index (χ3n) is 5.42. The van der Waals surface area contributed by atoms with Gasteiger partial charge in [-0.3, -0.25) is 9.59 Å². The van der Waals surface area contributed by atoms with Crippen molar-refractivity contribution in [2.45, 2.75) is 44.0 Å². The molecule has 1 atom stereocenters. The SMILES string of the molecule is Cc1c(Cl)cccc1NC(=O)CNC(=O)c1ccc(S(=O)(=O)N2CCCCC2C)cc1. The van der Waals surface area contributed by atoms with Crippen molar-refractivity contribution in [1.29, 1.82) is 0 Å². The van der Waals surface area contributed by atoms with E-state index in [1.807, 2.05) is 6.92 Å². The zero-order valence-electron chi connectivity index (χ0n) is 17.5. The van der Waals surface area contributed by atoms with E-state index >= 15 is 0 Å². The predicted molar refractivity (Wildman–Crippen MR) is 121 cm³/mol. The summed E-state index contributed by atoms with van der Waals surface area (Å²) in [7, 11) is -3.59. The Kier molecular flexibility index (Phi) is 7.35. The first-order chi connectivity index (χ1) is 14.7. The van der Waals surface area contributed by atoms with Gasteiger partial charge in [-0.15, -0.1) is 0 Å². The molecule has 1 fully saturated rings. The molecule has 0 aromatic heterocycles. The molecule has 1 aliphatic heterocycles. The predicted octanol–water partition coefficient (Wildman–Crippen LogP) is 3.58. The normalized spacial score (nSPS) is 17.2. The first-order valence-corrected chi connectivity index (χ1v) is 12.0. The molecule has 7 nitrogen and oxygen atoms in total. The molecule has 1 aliphatic rings. The Morgan fingerprint density at radius 1 is 1.13 bits per heavy atom. The van der Waals surface area contributed by atoms with E-state index in [4.69, 9.17) is 11.6 Å². The van der Waals surface area contributed by atoms with Crippen LogP contribution in [0, 0.1) is 6.92 Å². The number of anilines is 1. The van der Waals surface area contributed by atoms with E-state index < -0.39 is 21.8 Å². The maximum absolute atomic E-state index is 12.9. The molecule has 3 rings (SSSR count). The van der Waals surface area contributed by atoms with Gasteiger partial charge in [0.05, 0.1) is 11.4 Å². The van der Waals surface area contributed by atoms with E-state index in [0.717, 1.165) is 24.8 Å². The summed E-state index contributed by atoms with van der Waals surface area (Å²) in [5.41, 5.74) is 1.59. The molecule has 2 N–H and O–H groups in total. The van der Waals surface area contributed by atoms with Crippen LogP contribution in [0.4, 0.5) is 5.69 Å².